The minimum Gasteiger partial charge on any atom is -0.411 e. The maximum absolute atomic E-state index is 8.78. The van der Waals surface area contributed by atoms with E-state index >= 15 is 0 Å². The fraction of sp³-hybridized carbons (Fsp3) is 0.143. The smallest absolute Gasteiger partial charge is 0.0955 e. The Labute approximate surface area is 100 Å². The van der Waals surface area contributed by atoms with Gasteiger partial charge in [0.05, 0.1) is 19.0 Å². The van der Waals surface area contributed by atoms with E-state index in [1.165, 1.54) is 11.3 Å². The fourth-order valence-corrected chi connectivity index (χ4v) is 4.68. The van der Waals surface area contributed by atoms with Crippen molar-refractivity contribution >= 4 is 54.6 Å². The predicted octanol–water partition coefficient (Wildman–Crippen LogP) is 3.03. The quantitative estimate of drug-likeness (QED) is 0.563. The van der Waals surface area contributed by atoms with Crippen molar-refractivity contribution in [1.29, 1.82) is 0 Å². The van der Waals surface area contributed by atoms with Gasteiger partial charge in [0.25, 0.3) is 0 Å². The van der Waals surface area contributed by atoms with E-state index in [0.29, 0.717) is 17.8 Å². The molecule has 0 bridgehead atoms. The molecule has 0 unspecified atom stereocenters. The highest BCUT2D eigenvalue weighted by molar-refractivity contribution is 9.12. The molecule has 74 valence electrons. The SMILES string of the molecule is O/N=C1\C/C(=N\O)c2c(Br)sc(Br)c21. The highest BCUT2D eigenvalue weighted by atomic mass is 79.9. The van der Waals surface area contributed by atoms with Crippen LogP contribution in [0, 0.1) is 0 Å². The van der Waals surface area contributed by atoms with Crippen LogP contribution in [0.1, 0.15) is 17.5 Å². The third-order valence-corrected chi connectivity index (χ3v) is 4.51. The molecule has 1 aromatic rings. The number of hydrogen-bond acceptors (Lipinski definition) is 5. The molecule has 0 spiro atoms. The standard InChI is InChI=1S/C7H4Br2N2O2S/c8-6-4-2(10-12)1-3(11-13)5(4)7(9)14-6/h12-13H,1H2/b10-2+,11-3+. The second-order valence-corrected chi connectivity index (χ2v) is 6.33. The molecule has 1 aliphatic carbocycles. The van der Waals surface area contributed by atoms with E-state index in [9.17, 15) is 0 Å². The Morgan fingerprint density at radius 3 is 1.79 bits per heavy atom. The van der Waals surface area contributed by atoms with Crippen LogP contribution >= 0.6 is 43.2 Å². The van der Waals surface area contributed by atoms with Crippen molar-refractivity contribution in [3.63, 3.8) is 0 Å². The second kappa shape index (κ2) is 3.63. The van der Waals surface area contributed by atoms with Crippen LogP contribution in [0.5, 0.6) is 0 Å². The van der Waals surface area contributed by atoms with Crippen LogP contribution < -0.4 is 0 Å². The van der Waals surface area contributed by atoms with E-state index in [1.54, 1.807) is 0 Å². The van der Waals surface area contributed by atoms with Gasteiger partial charge in [-0.2, -0.15) is 0 Å². The summed E-state index contributed by atoms with van der Waals surface area (Å²) in [6.07, 6.45) is 0.350. The van der Waals surface area contributed by atoms with Gasteiger partial charge < -0.3 is 10.4 Å². The van der Waals surface area contributed by atoms with Crippen molar-refractivity contribution in [2.75, 3.05) is 0 Å². The van der Waals surface area contributed by atoms with Crippen molar-refractivity contribution in [3.05, 3.63) is 18.7 Å². The van der Waals surface area contributed by atoms with Gasteiger partial charge in [-0.05, 0) is 31.9 Å². The summed E-state index contributed by atoms with van der Waals surface area (Å²) < 4.78 is 1.73. The van der Waals surface area contributed by atoms with Crippen molar-refractivity contribution in [2.24, 2.45) is 10.3 Å². The molecule has 0 fully saturated rings. The largest absolute Gasteiger partial charge is 0.411 e. The van der Waals surface area contributed by atoms with Crippen molar-refractivity contribution in [2.45, 2.75) is 6.42 Å². The van der Waals surface area contributed by atoms with Gasteiger partial charge in [0.15, 0.2) is 0 Å². The molecule has 2 N–H and O–H groups in total. The third-order valence-electron chi connectivity index (χ3n) is 1.98. The van der Waals surface area contributed by atoms with Crippen molar-refractivity contribution in [3.8, 4) is 0 Å². The molecule has 0 radical (unpaired) electrons. The molecular weight excluding hydrogens is 336 g/mol. The summed E-state index contributed by atoms with van der Waals surface area (Å²) in [4.78, 5) is 0. The number of oxime groups is 2. The molecule has 1 heterocycles. The van der Waals surface area contributed by atoms with Gasteiger partial charge in [-0.25, -0.2) is 0 Å². The van der Waals surface area contributed by atoms with Gasteiger partial charge in [0, 0.05) is 17.5 Å². The number of thiophene rings is 1. The van der Waals surface area contributed by atoms with Crippen LogP contribution in [0.2, 0.25) is 0 Å². The second-order valence-electron chi connectivity index (χ2n) is 2.67. The highest BCUT2D eigenvalue weighted by Gasteiger charge is 2.31. The Morgan fingerprint density at radius 1 is 1.00 bits per heavy atom. The van der Waals surface area contributed by atoms with E-state index < -0.39 is 0 Å². The Balaban J connectivity index is 2.73. The van der Waals surface area contributed by atoms with Gasteiger partial charge >= 0.3 is 0 Å². The highest BCUT2D eigenvalue weighted by Crippen LogP contribution is 2.42. The number of fused-ring (bicyclic) bond motifs is 1. The summed E-state index contributed by atoms with van der Waals surface area (Å²) in [6, 6.07) is 0. The van der Waals surface area contributed by atoms with Crippen LogP contribution in [-0.4, -0.2) is 21.8 Å². The number of rotatable bonds is 0. The molecule has 1 aliphatic rings. The van der Waals surface area contributed by atoms with Crippen LogP contribution in [0.3, 0.4) is 0 Å². The fourth-order valence-electron chi connectivity index (χ4n) is 1.40. The van der Waals surface area contributed by atoms with E-state index in [0.717, 1.165) is 18.7 Å². The zero-order valence-electron chi connectivity index (χ0n) is 6.66. The molecule has 0 aliphatic heterocycles. The van der Waals surface area contributed by atoms with Crippen LogP contribution in [0.25, 0.3) is 0 Å². The molecule has 0 aromatic carbocycles. The maximum atomic E-state index is 8.78. The monoisotopic (exact) mass is 338 g/mol. The Morgan fingerprint density at radius 2 is 1.43 bits per heavy atom. The predicted molar refractivity (Wildman–Crippen MR) is 61.0 cm³/mol. The van der Waals surface area contributed by atoms with Gasteiger partial charge in [-0.3, -0.25) is 0 Å². The zero-order chi connectivity index (χ0) is 10.3. The van der Waals surface area contributed by atoms with Gasteiger partial charge in [0.1, 0.15) is 0 Å². The van der Waals surface area contributed by atoms with E-state index in [1.807, 2.05) is 0 Å². The van der Waals surface area contributed by atoms with Gasteiger partial charge in [0.2, 0.25) is 0 Å². The van der Waals surface area contributed by atoms with Gasteiger partial charge in [-0.1, -0.05) is 10.3 Å². The Kier molecular flexibility index (Phi) is 2.63. The number of nitrogens with zero attached hydrogens (tertiary/aromatic N) is 2. The summed E-state index contributed by atoms with van der Waals surface area (Å²) in [5.74, 6) is 0. The summed E-state index contributed by atoms with van der Waals surface area (Å²) >= 11 is 8.19. The molecule has 14 heavy (non-hydrogen) atoms. The summed E-state index contributed by atoms with van der Waals surface area (Å²) in [7, 11) is 0. The zero-order valence-corrected chi connectivity index (χ0v) is 10.6. The molecule has 1 aromatic heterocycles. The lowest BCUT2D eigenvalue weighted by atomic mass is 10.2. The van der Waals surface area contributed by atoms with Crippen molar-refractivity contribution < 1.29 is 10.4 Å². The number of hydrogen-bond donors (Lipinski definition) is 2. The average Bonchev–Trinajstić information content (AvgIpc) is 2.67. The molecule has 0 saturated carbocycles. The topological polar surface area (TPSA) is 65.2 Å². The van der Waals surface area contributed by atoms with Crippen LogP contribution in [-0.2, 0) is 0 Å². The van der Waals surface area contributed by atoms with Crippen molar-refractivity contribution in [1.82, 2.24) is 0 Å². The Bertz CT molecular complexity index is 414. The van der Waals surface area contributed by atoms with Gasteiger partial charge in [-0.15, -0.1) is 11.3 Å². The molecule has 4 nitrogen and oxygen atoms in total. The molecule has 0 atom stereocenters. The van der Waals surface area contributed by atoms with E-state index in [4.69, 9.17) is 10.4 Å². The first-order valence-corrected chi connectivity index (χ1v) is 5.99. The minimum atomic E-state index is 0.350. The molecule has 0 amide bonds. The lowest BCUT2D eigenvalue weighted by Crippen LogP contribution is -1.96. The molecule has 7 heteroatoms. The summed E-state index contributed by atoms with van der Waals surface area (Å²) in [6.45, 7) is 0. The number of halogens is 2. The minimum absolute atomic E-state index is 0.350. The first-order valence-electron chi connectivity index (χ1n) is 3.59. The lowest BCUT2D eigenvalue weighted by molar-refractivity contribution is 0.316. The molecule has 0 saturated heterocycles. The van der Waals surface area contributed by atoms with Crippen LogP contribution in [0.15, 0.2) is 17.9 Å². The Hall–Kier alpha value is -0.400. The first-order chi connectivity index (χ1) is 6.69. The average molecular weight is 340 g/mol. The van der Waals surface area contributed by atoms with E-state index in [-0.39, 0.29) is 0 Å². The first kappa shape index (κ1) is 10.1. The maximum Gasteiger partial charge on any atom is 0.0955 e. The molecule has 2 rings (SSSR count). The molecular formula is C7H4Br2N2O2S. The summed E-state index contributed by atoms with van der Waals surface area (Å²) in [5, 5.41) is 23.9. The van der Waals surface area contributed by atoms with E-state index in [2.05, 4.69) is 42.2 Å². The summed E-state index contributed by atoms with van der Waals surface area (Å²) in [5.41, 5.74) is 2.64. The van der Waals surface area contributed by atoms with Crippen LogP contribution in [0.4, 0.5) is 0 Å². The third kappa shape index (κ3) is 1.31. The lowest BCUT2D eigenvalue weighted by Gasteiger charge is -1.91. The normalized spacial score (nSPS) is 20.7.